The second-order valence-electron chi connectivity index (χ2n) is 5.49. The average molecular weight is 254 g/mol. The molecule has 0 bridgehead atoms. The van der Waals surface area contributed by atoms with Gasteiger partial charge in [-0.2, -0.15) is 0 Å². The van der Waals surface area contributed by atoms with Gasteiger partial charge in [0, 0.05) is 29.5 Å². The van der Waals surface area contributed by atoms with Crippen molar-refractivity contribution in [2.45, 2.75) is 52.1 Å². The van der Waals surface area contributed by atoms with Crippen molar-refractivity contribution in [3.05, 3.63) is 22.4 Å². The van der Waals surface area contributed by atoms with Crippen LogP contribution >= 0.6 is 11.3 Å². The summed E-state index contributed by atoms with van der Waals surface area (Å²) in [4.78, 5) is 1.46. The maximum absolute atomic E-state index is 3.64. The van der Waals surface area contributed by atoms with Crippen LogP contribution in [-0.2, 0) is 0 Å². The predicted molar refractivity (Wildman–Crippen MR) is 77.7 cm³/mol. The molecular formula is C14H26N2S. The first-order chi connectivity index (χ1) is 8.03. The molecule has 1 unspecified atom stereocenters. The second-order valence-corrected chi connectivity index (χ2v) is 6.47. The highest BCUT2D eigenvalue weighted by atomic mass is 32.1. The van der Waals surface area contributed by atoms with E-state index in [-0.39, 0.29) is 5.54 Å². The van der Waals surface area contributed by atoms with Crippen LogP contribution in [0.25, 0.3) is 0 Å². The van der Waals surface area contributed by atoms with E-state index < -0.39 is 0 Å². The van der Waals surface area contributed by atoms with E-state index in [0.717, 1.165) is 13.1 Å². The topological polar surface area (TPSA) is 24.1 Å². The van der Waals surface area contributed by atoms with Gasteiger partial charge in [0.25, 0.3) is 0 Å². The molecule has 0 amide bonds. The fraction of sp³-hybridized carbons (Fsp3) is 0.714. The Morgan fingerprint density at radius 1 is 1.29 bits per heavy atom. The van der Waals surface area contributed by atoms with Gasteiger partial charge in [-0.3, -0.25) is 0 Å². The highest BCUT2D eigenvalue weighted by Crippen LogP contribution is 2.22. The van der Waals surface area contributed by atoms with Crippen LogP contribution in [0, 0.1) is 0 Å². The Morgan fingerprint density at radius 2 is 2.06 bits per heavy atom. The lowest BCUT2D eigenvalue weighted by Crippen LogP contribution is -2.40. The Labute approximate surface area is 110 Å². The van der Waals surface area contributed by atoms with Crippen LogP contribution in [0.3, 0.4) is 0 Å². The van der Waals surface area contributed by atoms with Crippen molar-refractivity contribution in [1.82, 2.24) is 10.6 Å². The fourth-order valence-corrected chi connectivity index (χ4v) is 2.64. The van der Waals surface area contributed by atoms with E-state index in [4.69, 9.17) is 0 Å². The van der Waals surface area contributed by atoms with Crippen LogP contribution in [0.15, 0.2) is 17.5 Å². The Morgan fingerprint density at radius 3 is 2.59 bits per heavy atom. The van der Waals surface area contributed by atoms with E-state index in [1.54, 1.807) is 0 Å². The molecule has 3 heteroatoms. The molecule has 98 valence electrons. The molecule has 0 spiro atoms. The minimum atomic E-state index is 0.213. The molecule has 1 rings (SSSR count). The molecule has 1 aromatic rings. The minimum Gasteiger partial charge on any atom is -0.311 e. The first kappa shape index (κ1) is 14.7. The van der Waals surface area contributed by atoms with Crippen molar-refractivity contribution in [3.8, 4) is 0 Å². The molecule has 2 nitrogen and oxygen atoms in total. The summed E-state index contributed by atoms with van der Waals surface area (Å²) in [5.41, 5.74) is 0.213. The zero-order valence-electron chi connectivity index (χ0n) is 11.5. The van der Waals surface area contributed by atoms with Crippen LogP contribution < -0.4 is 10.6 Å². The summed E-state index contributed by atoms with van der Waals surface area (Å²) in [6.07, 6.45) is 2.44. The van der Waals surface area contributed by atoms with Crippen LogP contribution in [0.2, 0.25) is 0 Å². The van der Waals surface area contributed by atoms with Crippen molar-refractivity contribution in [1.29, 1.82) is 0 Å². The molecule has 0 aromatic carbocycles. The van der Waals surface area contributed by atoms with Crippen molar-refractivity contribution in [3.63, 3.8) is 0 Å². The number of rotatable bonds is 7. The van der Waals surface area contributed by atoms with E-state index in [9.17, 15) is 0 Å². The lowest BCUT2D eigenvalue weighted by Gasteiger charge is -2.22. The van der Waals surface area contributed by atoms with E-state index in [2.05, 4.69) is 55.8 Å². The average Bonchev–Trinajstić information content (AvgIpc) is 2.74. The van der Waals surface area contributed by atoms with Crippen molar-refractivity contribution in [2.24, 2.45) is 0 Å². The van der Waals surface area contributed by atoms with Crippen molar-refractivity contribution < 1.29 is 0 Å². The molecule has 0 saturated heterocycles. The lowest BCUT2D eigenvalue weighted by atomic mass is 10.1. The summed E-state index contributed by atoms with van der Waals surface area (Å²) in [6.45, 7) is 10.9. The molecule has 1 heterocycles. The standard InChI is InChI=1S/C14H26N2S/c1-5-7-12(13-8-6-11-17-13)15-9-10-16-14(2,3)4/h6,8,11-12,15-16H,5,7,9-10H2,1-4H3. The molecular weight excluding hydrogens is 228 g/mol. The summed E-state index contributed by atoms with van der Waals surface area (Å²) in [5, 5.41) is 9.31. The van der Waals surface area contributed by atoms with E-state index in [1.807, 2.05) is 11.3 Å². The number of hydrogen-bond donors (Lipinski definition) is 2. The molecule has 0 aliphatic carbocycles. The third-order valence-electron chi connectivity index (χ3n) is 2.64. The molecule has 0 saturated carbocycles. The third-order valence-corrected chi connectivity index (χ3v) is 3.62. The normalized spacial score (nSPS) is 13.9. The first-order valence-electron chi connectivity index (χ1n) is 6.54. The molecule has 0 aliphatic rings. The summed E-state index contributed by atoms with van der Waals surface area (Å²) in [7, 11) is 0. The lowest BCUT2D eigenvalue weighted by molar-refractivity contribution is 0.406. The van der Waals surface area contributed by atoms with Crippen molar-refractivity contribution >= 4 is 11.3 Å². The van der Waals surface area contributed by atoms with E-state index in [0.29, 0.717) is 6.04 Å². The van der Waals surface area contributed by atoms with Crippen molar-refractivity contribution in [2.75, 3.05) is 13.1 Å². The fourth-order valence-electron chi connectivity index (χ4n) is 1.81. The predicted octanol–water partition coefficient (Wildman–Crippen LogP) is 3.57. The van der Waals surface area contributed by atoms with Gasteiger partial charge in [-0.05, 0) is 38.6 Å². The van der Waals surface area contributed by atoms with Gasteiger partial charge in [-0.25, -0.2) is 0 Å². The molecule has 0 aliphatic heterocycles. The Hall–Kier alpha value is -0.380. The largest absolute Gasteiger partial charge is 0.311 e. The van der Waals surface area contributed by atoms with Gasteiger partial charge in [-0.1, -0.05) is 19.4 Å². The quantitative estimate of drug-likeness (QED) is 0.727. The maximum Gasteiger partial charge on any atom is 0.0415 e. The molecule has 1 atom stereocenters. The van der Waals surface area contributed by atoms with Gasteiger partial charge in [0.15, 0.2) is 0 Å². The van der Waals surface area contributed by atoms with E-state index in [1.165, 1.54) is 17.7 Å². The Balaban J connectivity index is 2.31. The van der Waals surface area contributed by atoms with Crippen LogP contribution in [0.4, 0.5) is 0 Å². The van der Waals surface area contributed by atoms with Gasteiger partial charge in [0.05, 0.1) is 0 Å². The summed E-state index contributed by atoms with van der Waals surface area (Å²) in [6, 6.07) is 4.90. The summed E-state index contributed by atoms with van der Waals surface area (Å²) in [5.74, 6) is 0. The summed E-state index contributed by atoms with van der Waals surface area (Å²) >= 11 is 1.85. The first-order valence-corrected chi connectivity index (χ1v) is 7.42. The van der Waals surface area contributed by atoms with Gasteiger partial charge >= 0.3 is 0 Å². The molecule has 0 radical (unpaired) electrons. The Kier molecular flexibility index (Phi) is 6.17. The number of nitrogens with one attached hydrogen (secondary N) is 2. The zero-order chi connectivity index (χ0) is 12.7. The molecule has 0 fully saturated rings. The van der Waals surface area contributed by atoms with E-state index >= 15 is 0 Å². The zero-order valence-corrected chi connectivity index (χ0v) is 12.4. The monoisotopic (exact) mass is 254 g/mol. The number of thiophene rings is 1. The second kappa shape index (κ2) is 7.14. The molecule has 1 aromatic heterocycles. The Bertz CT molecular complexity index is 288. The maximum atomic E-state index is 3.64. The minimum absolute atomic E-state index is 0.213. The van der Waals surface area contributed by atoms with Gasteiger partial charge in [0.2, 0.25) is 0 Å². The molecule has 2 N–H and O–H groups in total. The van der Waals surface area contributed by atoms with Gasteiger partial charge in [-0.15, -0.1) is 11.3 Å². The summed E-state index contributed by atoms with van der Waals surface area (Å²) < 4.78 is 0. The van der Waals surface area contributed by atoms with Crippen LogP contribution in [0.5, 0.6) is 0 Å². The van der Waals surface area contributed by atoms with Crippen LogP contribution in [0.1, 0.15) is 51.5 Å². The third kappa shape index (κ3) is 6.20. The SMILES string of the molecule is CCCC(NCCNC(C)(C)C)c1cccs1. The van der Waals surface area contributed by atoms with Crippen LogP contribution in [-0.4, -0.2) is 18.6 Å². The smallest absolute Gasteiger partial charge is 0.0415 e. The highest BCUT2D eigenvalue weighted by Gasteiger charge is 2.11. The molecule has 17 heavy (non-hydrogen) atoms. The van der Waals surface area contributed by atoms with Gasteiger partial charge in [0.1, 0.15) is 0 Å². The number of hydrogen-bond acceptors (Lipinski definition) is 3. The van der Waals surface area contributed by atoms with Gasteiger partial charge < -0.3 is 10.6 Å². The highest BCUT2D eigenvalue weighted by molar-refractivity contribution is 7.10.